The summed E-state index contributed by atoms with van der Waals surface area (Å²) in [6.45, 7) is 0.871. The summed E-state index contributed by atoms with van der Waals surface area (Å²) in [5.41, 5.74) is 0.809. The van der Waals surface area contributed by atoms with Crippen LogP contribution in [0.25, 0.3) is 11.0 Å². The van der Waals surface area contributed by atoms with Crippen LogP contribution in [0, 0.1) is 29.6 Å². The van der Waals surface area contributed by atoms with Gasteiger partial charge in [-0.1, -0.05) is 35.4 Å². The maximum absolute atomic E-state index is 14.2. The molecule has 3 aliphatic carbocycles. The Hall–Kier alpha value is -3.15. The molecular weight excluding hydrogens is 583 g/mol. The molecule has 5 aliphatic rings. The molecular formula is C29H32Cl2N6O5. The number of nitrogens with one attached hydrogen (secondary N) is 4. The molecule has 13 heteroatoms. The van der Waals surface area contributed by atoms with Gasteiger partial charge in [0.25, 0.3) is 11.8 Å². The number of hydrogen-bond donors (Lipinski definition) is 5. The van der Waals surface area contributed by atoms with Crippen LogP contribution in [-0.4, -0.2) is 80.9 Å². The maximum atomic E-state index is 14.2. The Morgan fingerprint density at radius 3 is 2.60 bits per heavy atom. The van der Waals surface area contributed by atoms with Gasteiger partial charge in [0.15, 0.2) is 11.9 Å². The number of aromatic nitrogens is 2. The van der Waals surface area contributed by atoms with E-state index in [2.05, 4.69) is 38.1 Å². The van der Waals surface area contributed by atoms with Crippen LogP contribution in [-0.2, 0) is 14.4 Å². The van der Waals surface area contributed by atoms with Crippen LogP contribution in [0.15, 0.2) is 24.3 Å². The number of amides is 4. The fourth-order valence-corrected chi connectivity index (χ4v) is 7.83. The van der Waals surface area contributed by atoms with E-state index < -0.39 is 41.8 Å². The minimum atomic E-state index is -1.54. The third kappa shape index (κ3) is 4.75. The monoisotopic (exact) mass is 614 g/mol. The Kier molecular flexibility index (Phi) is 6.94. The van der Waals surface area contributed by atoms with Crippen molar-refractivity contribution < 1.29 is 24.3 Å². The topological polar surface area (TPSA) is 157 Å². The van der Waals surface area contributed by atoms with Crippen molar-refractivity contribution in [1.29, 1.82) is 0 Å². The first-order chi connectivity index (χ1) is 20.2. The van der Waals surface area contributed by atoms with Gasteiger partial charge < -0.3 is 30.9 Å². The molecule has 2 bridgehead atoms. The zero-order valence-electron chi connectivity index (χ0n) is 22.7. The van der Waals surface area contributed by atoms with E-state index in [4.69, 9.17) is 23.2 Å². The number of carbonyl (C=O) groups excluding carboxylic acids is 4. The van der Waals surface area contributed by atoms with Gasteiger partial charge in [0.1, 0.15) is 11.6 Å². The molecule has 42 heavy (non-hydrogen) atoms. The van der Waals surface area contributed by atoms with Gasteiger partial charge in [-0.2, -0.15) is 0 Å². The number of halogens is 2. The number of aliphatic hydroxyl groups excluding tert-OH is 1. The summed E-state index contributed by atoms with van der Waals surface area (Å²) in [4.78, 5) is 62.4. The molecule has 3 heterocycles. The fourth-order valence-electron chi connectivity index (χ4n) is 7.44. The number of nitrogens with zero attached hydrogens (tertiary/aromatic N) is 2. The number of carbonyl (C=O) groups is 4. The smallest absolute Gasteiger partial charge is 0.290 e. The van der Waals surface area contributed by atoms with E-state index in [9.17, 15) is 24.3 Å². The molecule has 8 atom stereocenters. The van der Waals surface area contributed by atoms with E-state index >= 15 is 0 Å². The van der Waals surface area contributed by atoms with Gasteiger partial charge >= 0.3 is 0 Å². The second kappa shape index (κ2) is 10.5. The molecule has 2 aromatic rings. The van der Waals surface area contributed by atoms with Crippen LogP contribution in [0.4, 0.5) is 0 Å². The van der Waals surface area contributed by atoms with E-state index in [0.717, 1.165) is 19.3 Å². The molecule has 222 valence electrons. The highest BCUT2D eigenvalue weighted by atomic mass is 35.5. The van der Waals surface area contributed by atoms with Gasteiger partial charge in [0, 0.05) is 25.0 Å². The molecule has 1 aromatic heterocycles. The van der Waals surface area contributed by atoms with Crippen LogP contribution < -0.4 is 16.0 Å². The number of hydrogen-bond acceptors (Lipinski definition) is 6. The van der Waals surface area contributed by atoms with Crippen LogP contribution in [0.1, 0.15) is 42.7 Å². The van der Waals surface area contributed by atoms with Crippen molar-refractivity contribution in [2.75, 3.05) is 13.1 Å². The van der Waals surface area contributed by atoms with Crippen molar-refractivity contribution in [3.63, 3.8) is 0 Å². The van der Waals surface area contributed by atoms with Gasteiger partial charge in [-0.05, 0) is 67.9 Å². The molecule has 7 rings (SSSR count). The number of benzene rings is 1. The summed E-state index contributed by atoms with van der Waals surface area (Å²) in [6, 6.07) is 1.40. The summed E-state index contributed by atoms with van der Waals surface area (Å²) < 4.78 is 0. The summed E-state index contributed by atoms with van der Waals surface area (Å²) in [5.74, 6) is -1.68. The normalized spacial score (nSPS) is 30.8. The molecule has 5 N–H and O–H groups in total. The molecule has 2 aliphatic heterocycles. The lowest BCUT2D eigenvalue weighted by Crippen LogP contribution is -2.57. The van der Waals surface area contributed by atoms with Crippen molar-refractivity contribution in [1.82, 2.24) is 30.8 Å². The number of H-pyrrole nitrogens is 1. The van der Waals surface area contributed by atoms with Crippen LogP contribution in [0.5, 0.6) is 0 Å². The Morgan fingerprint density at radius 2 is 1.88 bits per heavy atom. The first-order valence-electron chi connectivity index (χ1n) is 14.6. The Balaban J connectivity index is 1.18. The molecule has 0 spiro atoms. The SMILES string of the molecule is O=C(NC1CC1)C(O)[C@H](C[C@@H]1CCNC1=O)NC(=O)[C@@H]1[C@@H]2[C@H](CN1C(=O)c1nc3c(Cl)ccc(Cl)c3[nH]1)[C@@H]1C=C[C@H]2C1. The van der Waals surface area contributed by atoms with Crippen LogP contribution in [0.3, 0.4) is 0 Å². The highest BCUT2D eigenvalue weighted by molar-refractivity contribution is 6.39. The largest absolute Gasteiger partial charge is 0.381 e. The predicted molar refractivity (Wildman–Crippen MR) is 153 cm³/mol. The number of aromatic amines is 1. The number of allylic oxidation sites excluding steroid dienone is 2. The Labute approximate surface area is 251 Å². The number of likely N-dealkylation sites (tertiary alicyclic amines) is 1. The zero-order valence-corrected chi connectivity index (χ0v) is 24.2. The van der Waals surface area contributed by atoms with Crippen LogP contribution in [0.2, 0.25) is 10.0 Å². The van der Waals surface area contributed by atoms with Crippen LogP contribution >= 0.6 is 23.2 Å². The first kappa shape index (κ1) is 27.7. The second-order valence-corrected chi connectivity index (χ2v) is 13.1. The predicted octanol–water partition coefficient (Wildman–Crippen LogP) is 1.78. The number of rotatable bonds is 8. The summed E-state index contributed by atoms with van der Waals surface area (Å²) in [6.07, 6.45) is 6.03. The average molecular weight is 616 g/mol. The van der Waals surface area contributed by atoms with Crippen molar-refractivity contribution in [3.05, 3.63) is 40.2 Å². The third-order valence-electron chi connectivity index (χ3n) is 9.68. The number of fused-ring (bicyclic) bond motifs is 6. The molecule has 1 aromatic carbocycles. The van der Waals surface area contributed by atoms with Crippen molar-refractivity contribution in [2.45, 2.75) is 56.3 Å². The highest BCUT2D eigenvalue weighted by Gasteiger charge is 2.58. The van der Waals surface area contributed by atoms with Gasteiger partial charge in [0.05, 0.1) is 21.6 Å². The molecule has 2 saturated heterocycles. The summed E-state index contributed by atoms with van der Waals surface area (Å²) >= 11 is 12.6. The van der Waals surface area contributed by atoms with Crippen molar-refractivity contribution in [2.24, 2.45) is 29.6 Å². The third-order valence-corrected chi connectivity index (χ3v) is 10.3. The van der Waals surface area contributed by atoms with Crippen molar-refractivity contribution in [3.8, 4) is 0 Å². The zero-order chi connectivity index (χ0) is 29.3. The fraction of sp³-hybridized carbons (Fsp3) is 0.552. The number of aliphatic hydroxyl groups is 1. The highest BCUT2D eigenvalue weighted by Crippen LogP contribution is 2.54. The first-order valence-corrected chi connectivity index (χ1v) is 15.3. The minimum Gasteiger partial charge on any atom is -0.381 e. The van der Waals surface area contributed by atoms with E-state index in [0.29, 0.717) is 40.6 Å². The van der Waals surface area contributed by atoms with Gasteiger partial charge in [-0.3, -0.25) is 19.2 Å². The molecule has 4 amide bonds. The van der Waals surface area contributed by atoms with E-state index in [-0.39, 0.29) is 47.9 Å². The standard InChI is InChI=1S/C29H32Cl2N6O5/c30-17-5-6-18(31)22-21(17)35-25(36-22)29(42)37-11-16-12-1-2-13(9-12)20(16)23(37)27(40)34-19(10-14-7-8-32-26(14)39)24(38)28(41)33-15-3-4-15/h1-2,5-6,12-16,19-20,23-24,38H,3-4,7-11H2,(H,32,39)(H,33,41)(H,34,40)(H,35,36)/t12-,13+,14+,16-,19+,20+,23+,24?/m1/s1. The van der Waals surface area contributed by atoms with E-state index in [1.54, 1.807) is 17.0 Å². The van der Waals surface area contributed by atoms with Gasteiger partial charge in [-0.25, -0.2) is 4.98 Å². The Morgan fingerprint density at radius 1 is 1.12 bits per heavy atom. The number of imidazole rings is 1. The van der Waals surface area contributed by atoms with E-state index in [1.807, 2.05) is 0 Å². The second-order valence-electron chi connectivity index (χ2n) is 12.3. The lowest BCUT2D eigenvalue weighted by Gasteiger charge is -2.32. The van der Waals surface area contributed by atoms with E-state index in [1.165, 1.54) is 0 Å². The molecule has 1 unspecified atom stereocenters. The minimum absolute atomic E-state index is 0.0219. The molecule has 0 radical (unpaired) electrons. The van der Waals surface area contributed by atoms with Gasteiger partial charge in [0.2, 0.25) is 11.8 Å². The van der Waals surface area contributed by atoms with Gasteiger partial charge in [-0.15, -0.1) is 0 Å². The Bertz CT molecular complexity index is 1470. The van der Waals surface area contributed by atoms with Crippen molar-refractivity contribution >= 4 is 57.9 Å². The lowest BCUT2D eigenvalue weighted by molar-refractivity contribution is -0.135. The molecule has 4 fully saturated rings. The molecule has 11 nitrogen and oxygen atoms in total. The quantitative estimate of drug-likeness (QED) is 0.285. The maximum Gasteiger partial charge on any atom is 0.290 e. The summed E-state index contributed by atoms with van der Waals surface area (Å²) in [7, 11) is 0. The average Bonchev–Trinajstić information content (AvgIpc) is 3.46. The lowest BCUT2D eigenvalue weighted by atomic mass is 9.81. The summed E-state index contributed by atoms with van der Waals surface area (Å²) in [5, 5.41) is 20.3. The molecule has 2 saturated carbocycles.